The van der Waals surface area contributed by atoms with E-state index in [-0.39, 0.29) is 0 Å². The summed E-state index contributed by atoms with van der Waals surface area (Å²) in [5, 5.41) is 4.06. The summed E-state index contributed by atoms with van der Waals surface area (Å²) in [7, 11) is 1.23. The van der Waals surface area contributed by atoms with E-state index in [1.54, 1.807) is 0 Å². The second-order valence-corrected chi connectivity index (χ2v) is 1.78. The zero-order valence-electron chi connectivity index (χ0n) is 6.53. The fraction of sp³-hybridized carbons (Fsp3) is 0.667. The van der Waals surface area contributed by atoms with Crippen molar-refractivity contribution in [2.24, 2.45) is 5.10 Å². The second-order valence-electron chi connectivity index (χ2n) is 1.78. The zero-order chi connectivity index (χ0) is 8.69. The maximum Gasteiger partial charge on any atom is 0.430 e. The van der Waals surface area contributed by atoms with Gasteiger partial charge in [0.1, 0.15) is 0 Å². The summed E-state index contributed by atoms with van der Waals surface area (Å²) in [6.07, 6.45) is 1.33. The fourth-order valence-corrected chi connectivity index (χ4v) is 0.549. The van der Waals surface area contributed by atoms with Crippen LogP contribution in [0.4, 0.5) is 4.79 Å². The normalized spacial score (nSPS) is 8.18. The number of hydrazone groups is 1. The third-order valence-electron chi connectivity index (χ3n) is 0.982. The Morgan fingerprint density at radius 1 is 1.73 bits per heavy atom. The third-order valence-corrected chi connectivity index (χ3v) is 0.982. The van der Waals surface area contributed by atoms with Crippen LogP contribution in [0.3, 0.4) is 0 Å². The monoisotopic (exact) mass is 158 g/mol. The number of methoxy groups -OCH3 is 1. The van der Waals surface area contributed by atoms with E-state index in [9.17, 15) is 9.59 Å². The van der Waals surface area contributed by atoms with Crippen LogP contribution < -0.4 is 0 Å². The minimum Gasteiger partial charge on any atom is -0.451 e. The molecule has 62 valence electrons. The first-order valence-electron chi connectivity index (χ1n) is 3.19. The van der Waals surface area contributed by atoms with E-state index in [0.29, 0.717) is 13.0 Å². The summed E-state index contributed by atoms with van der Waals surface area (Å²) < 4.78 is 4.33. The quantitative estimate of drug-likeness (QED) is 0.345. The molecular weight excluding hydrogens is 148 g/mol. The van der Waals surface area contributed by atoms with Crippen molar-refractivity contribution in [1.82, 2.24) is 5.01 Å². The Balaban J connectivity index is 4.08. The minimum absolute atomic E-state index is 0.363. The zero-order valence-corrected chi connectivity index (χ0v) is 6.53. The number of amides is 1. The Kier molecular flexibility index (Phi) is 4.77. The number of isocyanates is 1. The highest BCUT2D eigenvalue weighted by Gasteiger charge is 2.10. The molecule has 0 radical (unpaired) electrons. The number of carbonyl (C=O) groups excluding carboxylic acids is 2. The van der Waals surface area contributed by atoms with Crippen molar-refractivity contribution in [1.29, 1.82) is 0 Å². The largest absolute Gasteiger partial charge is 0.451 e. The van der Waals surface area contributed by atoms with Gasteiger partial charge in [0.2, 0.25) is 0 Å². The molecule has 0 saturated heterocycles. The third kappa shape index (κ3) is 3.37. The molecule has 0 N–H and O–H groups in total. The molecule has 0 aromatic rings. The van der Waals surface area contributed by atoms with Crippen LogP contribution in [0, 0.1) is 0 Å². The lowest BCUT2D eigenvalue weighted by molar-refractivity contribution is 0.125. The average molecular weight is 158 g/mol. The molecule has 5 heteroatoms. The molecule has 0 aromatic heterocycles. The molecule has 0 atom stereocenters. The maximum absolute atomic E-state index is 10.7. The number of nitrogens with zero attached hydrogens (tertiary/aromatic N) is 2. The van der Waals surface area contributed by atoms with Crippen LogP contribution in [0.15, 0.2) is 5.10 Å². The number of rotatable bonds is 3. The lowest BCUT2D eigenvalue weighted by atomic mass is 10.5. The van der Waals surface area contributed by atoms with Crippen LogP contribution in [0.2, 0.25) is 0 Å². The summed E-state index contributed by atoms with van der Waals surface area (Å²) >= 11 is 0. The molecule has 0 aromatic carbocycles. The van der Waals surface area contributed by atoms with Crippen molar-refractivity contribution < 1.29 is 14.3 Å². The molecule has 0 bridgehead atoms. The standard InChI is InChI=1S/C6H10N2O3/c1-3-4-8(7-5-9)6(10)11-2/h3-4H2,1-2H3. The van der Waals surface area contributed by atoms with E-state index in [4.69, 9.17) is 0 Å². The molecule has 0 aliphatic carbocycles. The Morgan fingerprint density at radius 2 is 2.36 bits per heavy atom. The second kappa shape index (κ2) is 5.44. The molecule has 0 aliphatic heterocycles. The molecule has 0 heterocycles. The van der Waals surface area contributed by atoms with Crippen molar-refractivity contribution in [3.63, 3.8) is 0 Å². The van der Waals surface area contributed by atoms with Crippen molar-refractivity contribution in [3.8, 4) is 0 Å². The molecule has 0 aliphatic rings. The van der Waals surface area contributed by atoms with Gasteiger partial charge in [-0.3, -0.25) is 0 Å². The Morgan fingerprint density at radius 3 is 2.73 bits per heavy atom. The van der Waals surface area contributed by atoms with Gasteiger partial charge in [-0.15, -0.1) is 0 Å². The van der Waals surface area contributed by atoms with Gasteiger partial charge in [0, 0.05) is 6.54 Å². The van der Waals surface area contributed by atoms with Crippen LogP contribution in [-0.4, -0.2) is 30.8 Å². The summed E-state index contributed by atoms with van der Waals surface area (Å²) in [4.78, 5) is 20.5. The summed E-state index contributed by atoms with van der Waals surface area (Å²) in [6, 6.07) is 0. The van der Waals surface area contributed by atoms with E-state index in [2.05, 4.69) is 9.84 Å². The van der Waals surface area contributed by atoms with Crippen molar-refractivity contribution >= 4 is 12.2 Å². The van der Waals surface area contributed by atoms with Gasteiger partial charge in [-0.1, -0.05) is 12.0 Å². The predicted octanol–water partition coefficient (Wildman–Crippen LogP) is 0.716. The molecule has 0 unspecified atom stereocenters. The van der Waals surface area contributed by atoms with E-state index < -0.39 is 6.09 Å². The number of ether oxygens (including phenoxy) is 1. The van der Waals surface area contributed by atoms with Gasteiger partial charge in [0.15, 0.2) is 0 Å². The average Bonchev–Trinajstić information content (AvgIpc) is 2.03. The van der Waals surface area contributed by atoms with Gasteiger partial charge in [-0.2, -0.15) is 5.01 Å². The van der Waals surface area contributed by atoms with Crippen LogP contribution in [-0.2, 0) is 9.53 Å². The SMILES string of the molecule is CCCN(N=C=O)C(=O)OC. The van der Waals surface area contributed by atoms with Crippen LogP contribution in [0.25, 0.3) is 0 Å². The van der Waals surface area contributed by atoms with Crippen LogP contribution in [0.5, 0.6) is 0 Å². The van der Waals surface area contributed by atoms with Crippen molar-refractivity contribution in [2.75, 3.05) is 13.7 Å². The molecule has 0 fully saturated rings. The molecule has 0 rings (SSSR count). The van der Waals surface area contributed by atoms with Crippen LogP contribution >= 0.6 is 0 Å². The maximum atomic E-state index is 10.7. The molecule has 1 amide bonds. The number of hydrogen-bond acceptors (Lipinski definition) is 4. The summed E-state index contributed by atoms with van der Waals surface area (Å²) in [6.45, 7) is 2.22. The highest BCUT2D eigenvalue weighted by molar-refractivity contribution is 5.67. The molecular formula is C6H10N2O3. The fourth-order valence-electron chi connectivity index (χ4n) is 0.549. The molecule has 0 spiro atoms. The first-order chi connectivity index (χ1) is 5.26. The van der Waals surface area contributed by atoms with E-state index in [1.807, 2.05) is 6.92 Å². The summed E-state index contributed by atoms with van der Waals surface area (Å²) in [5.74, 6) is 0. The molecule has 11 heavy (non-hydrogen) atoms. The lowest BCUT2D eigenvalue weighted by Gasteiger charge is -2.10. The predicted molar refractivity (Wildman–Crippen MR) is 37.5 cm³/mol. The van der Waals surface area contributed by atoms with Gasteiger partial charge in [0.25, 0.3) is 6.08 Å². The lowest BCUT2D eigenvalue weighted by Crippen LogP contribution is -2.26. The van der Waals surface area contributed by atoms with Gasteiger partial charge in [-0.05, 0) is 6.42 Å². The highest BCUT2D eigenvalue weighted by Crippen LogP contribution is 1.94. The Bertz CT molecular complexity index is 175. The van der Waals surface area contributed by atoms with E-state index in [1.165, 1.54) is 13.2 Å². The molecule has 0 saturated carbocycles. The van der Waals surface area contributed by atoms with Gasteiger partial charge in [0.05, 0.1) is 7.11 Å². The topological polar surface area (TPSA) is 59.0 Å². The van der Waals surface area contributed by atoms with Gasteiger partial charge in [-0.25, -0.2) is 9.59 Å². The first kappa shape index (κ1) is 9.65. The molecule has 5 nitrogen and oxygen atoms in total. The Labute approximate surface area is 64.6 Å². The smallest absolute Gasteiger partial charge is 0.430 e. The summed E-state index contributed by atoms with van der Waals surface area (Å²) in [5.41, 5.74) is 0. The first-order valence-corrected chi connectivity index (χ1v) is 3.19. The van der Waals surface area contributed by atoms with E-state index in [0.717, 1.165) is 5.01 Å². The highest BCUT2D eigenvalue weighted by atomic mass is 16.5. The van der Waals surface area contributed by atoms with Crippen molar-refractivity contribution in [2.45, 2.75) is 13.3 Å². The van der Waals surface area contributed by atoms with E-state index >= 15 is 0 Å². The van der Waals surface area contributed by atoms with Gasteiger partial charge < -0.3 is 4.74 Å². The minimum atomic E-state index is -0.643. The van der Waals surface area contributed by atoms with Crippen LogP contribution in [0.1, 0.15) is 13.3 Å². The Hall–Kier alpha value is -1.35. The van der Waals surface area contributed by atoms with Crippen molar-refractivity contribution in [3.05, 3.63) is 0 Å². The number of hydrogen-bond donors (Lipinski definition) is 0. The number of carbonyl (C=O) groups is 1. The van der Waals surface area contributed by atoms with Gasteiger partial charge >= 0.3 is 6.09 Å².